The predicted molar refractivity (Wildman–Crippen MR) is 62.3 cm³/mol. The summed E-state index contributed by atoms with van der Waals surface area (Å²) >= 11 is 0. The number of aromatic hydroxyl groups is 1. The Balaban J connectivity index is 2.82. The summed E-state index contributed by atoms with van der Waals surface area (Å²) in [7, 11) is 1.33. The van der Waals surface area contributed by atoms with Gasteiger partial charge in [-0.1, -0.05) is 6.07 Å². The van der Waals surface area contributed by atoms with E-state index in [1.165, 1.54) is 13.2 Å². The van der Waals surface area contributed by atoms with Crippen LogP contribution in [0.2, 0.25) is 0 Å². The molecular weight excluding hydrogens is 206 g/mol. The van der Waals surface area contributed by atoms with Gasteiger partial charge in [0.05, 0.1) is 7.11 Å². The van der Waals surface area contributed by atoms with Crippen LogP contribution in [0.1, 0.15) is 6.92 Å². The summed E-state index contributed by atoms with van der Waals surface area (Å²) in [4.78, 5) is 12.8. The first-order valence-corrected chi connectivity index (χ1v) is 4.99. The number of hydrogen-bond acceptors (Lipinski definition) is 4. The molecule has 0 aliphatic heterocycles. The van der Waals surface area contributed by atoms with Crippen molar-refractivity contribution in [2.75, 3.05) is 18.6 Å². The third-order valence-electron chi connectivity index (χ3n) is 2.09. The van der Waals surface area contributed by atoms with Gasteiger partial charge in [-0.3, -0.25) is 0 Å². The van der Waals surface area contributed by atoms with Gasteiger partial charge in [-0.05, 0) is 19.1 Å². The maximum absolute atomic E-state index is 10.9. The van der Waals surface area contributed by atoms with Gasteiger partial charge in [-0.25, -0.2) is 4.79 Å². The second-order valence-corrected chi connectivity index (χ2v) is 3.14. The quantitative estimate of drug-likeness (QED) is 0.623. The van der Waals surface area contributed by atoms with E-state index in [9.17, 15) is 9.90 Å². The van der Waals surface area contributed by atoms with E-state index in [0.717, 1.165) is 5.69 Å². The van der Waals surface area contributed by atoms with Crippen molar-refractivity contribution >= 4 is 11.7 Å². The van der Waals surface area contributed by atoms with E-state index in [4.69, 9.17) is 0 Å². The molecule has 1 aromatic rings. The number of nitrogens with zero attached hydrogens (tertiary/aromatic N) is 1. The highest BCUT2D eigenvalue weighted by atomic mass is 16.5. The van der Waals surface area contributed by atoms with Gasteiger partial charge in [0, 0.05) is 30.6 Å². The maximum atomic E-state index is 10.9. The Morgan fingerprint density at radius 3 is 2.88 bits per heavy atom. The number of methoxy groups -OCH3 is 1. The minimum absolute atomic E-state index is 0.197. The Morgan fingerprint density at radius 2 is 2.31 bits per heavy atom. The maximum Gasteiger partial charge on any atom is 0.331 e. The lowest BCUT2D eigenvalue weighted by Crippen LogP contribution is -2.15. The number of carbonyl (C=O) groups excluding carboxylic acids is 1. The first-order valence-electron chi connectivity index (χ1n) is 4.99. The fourth-order valence-electron chi connectivity index (χ4n) is 1.26. The average Bonchev–Trinajstić information content (AvgIpc) is 2.29. The van der Waals surface area contributed by atoms with Gasteiger partial charge in [0.1, 0.15) is 5.75 Å². The molecule has 0 radical (unpaired) electrons. The van der Waals surface area contributed by atoms with Gasteiger partial charge < -0.3 is 14.7 Å². The van der Waals surface area contributed by atoms with E-state index in [-0.39, 0.29) is 5.75 Å². The number of carbonyl (C=O) groups is 1. The van der Waals surface area contributed by atoms with Crippen LogP contribution in [0, 0.1) is 0 Å². The molecule has 0 aliphatic rings. The van der Waals surface area contributed by atoms with Gasteiger partial charge in [0.2, 0.25) is 0 Å². The molecule has 0 spiro atoms. The normalized spacial score (nSPS) is 10.4. The van der Waals surface area contributed by atoms with Crippen molar-refractivity contribution in [1.29, 1.82) is 0 Å². The van der Waals surface area contributed by atoms with Crippen LogP contribution < -0.4 is 4.90 Å². The molecule has 1 aromatic carbocycles. The van der Waals surface area contributed by atoms with Crippen LogP contribution in [0.25, 0.3) is 0 Å². The van der Waals surface area contributed by atoms with Crippen LogP contribution in [-0.4, -0.2) is 24.7 Å². The molecule has 0 saturated heterocycles. The van der Waals surface area contributed by atoms with E-state index < -0.39 is 5.97 Å². The highest BCUT2D eigenvalue weighted by molar-refractivity contribution is 5.82. The molecule has 0 aromatic heterocycles. The second kappa shape index (κ2) is 5.80. The molecule has 16 heavy (non-hydrogen) atoms. The van der Waals surface area contributed by atoms with E-state index in [1.54, 1.807) is 24.4 Å². The lowest BCUT2D eigenvalue weighted by Gasteiger charge is -2.18. The van der Waals surface area contributed by atoms with Crippen molar-refractivity contribution in [3.8, 4) is 5.75 Å². The summed E-state index contributed by atoms with van der Waals surface area (Å²) in [5.41, 5.74) is 0.822. The molecular formula is C12H15NO3. The van der Waals surface area contributed by atoms with Gasteiger partial charge in [-0.2, -0.15) is 0 Å². The zero-order chi connectivity index (χ0) is 12.0. The van der Waals surface area contributed by atoms with E-state index in [2.05, 4.69) is 4.74 Å². The summed E-state index contributed by atoms with van der Waals surface area (Å²) in [5.74, 6) is -0.207. The number of anilines is 1. The van der Waals surface area contributed by atoms with Crippen LogP contribution in [0.5, 0.6) is 5.75 Å². The summed E-state index contributed by atoms with van der Waals surface area (Å²) in [6.07, 6.45) is 2.97. The largest absolute Gasteiger partial charge is 0.508 e. The highest BCUT2D eigenvalue weighted by Crippen LogP contribution is 2.19. The Kier molecular flexibility index (Phi) is 4.39. The Labute approximate surface area is 94.8 Å². The number of phenolic OH excluding ortho intramolecular Hbond substituents is 1. The van der Waals surface area contributed by atoms with Crippen molar-refractivity contribution in [3.63, 3.8) is 0 Å². The minimum Gasteiger partial charge on any atom is -0.508 e. The van der Waals surface area contributed by atoms with Gasteiger partial charge in [0.15, 0.2) is 0 Å². The molecule has 0 saturated carbocycles. The first kappa shape index (κ1) is 12.1. The van der Waals surface area contributed by atoms with Gasteiger partial charge in [0.25, 0.3) is 0 Å². The SMILES string of the molecule is CCN(/C=C/C(=O)OC)c1cccc(O)c1. The van der Waals surface area contributed by atoms with Crippen molar-refractivity contribution in [1.82, 2.24) is 0 Å². The van der Waals surface area contributed by atoms with Crippen LogP contribution in [0.4, 0.5) is 5.69 Å². The van der Waals surface area contributed by atoms with E-state index in [1.807, 2.05) is 17.9 Å². The number of ether oxygens (including phenoxy) is 1. The molecule has 0 unspecified atom stereocenters. The third-order valence-corrected chi connectivity index (χ3v) is 2.09. The zero-order valence-electron chi connectivity index (χ0n) is 9.38. The number of hydrogen-bond donors (Lipinski definition) is 1. The van der Waals surface area contributed by atoms with E-state index >= 15 is 0 Å². The number of esters is 1. The van der Waals surface area contributed by atoms with Crippen LogP contribution >= 0.6 is 0 Å². The fraction of sp³-hybridized carbons (Fsp3) is 0.250. The van der Waals surface area contributed by atoms with Gasteiger partial charge >= 0.3 is 5.97 Å². The lowest BCUT2D eigenvalue weighted by atomic mass is 10.3. The molecule has 0 atom stereocenters. The molecule has 86 valence electrons. The summed E-state index contributed by atoms with van der Waals surface area (Å²) < 4.78 is 4.50. The Bertz CT molecular complexity index is 388. The van der Waals surface area contributed by atoms with Crippen molar-refractivity contribution in [2.24, 2.45) is 0 Å². The van der Waals surface area contributed by atoms with Gasteiger partial charge in [-0.15, -0.1) is 0 Å². The minimum atomic E-state index is -0.404. The van der Waals surface area contributed by atoms with Crippen LogP contribution in [-0.2, 0) is 9.53 Å². The summed E-state index contributed by atoms with van der Waals surface area (Å²) in [5, 5.41) is 9.34. The third kappa shape index (κ3) is 3.31. The fourth-order valence-corrected chi connectivity index (χ4v) is 1.26. The van der Waals surface area contributed by atoms with Crippen molar-refractivity contribution in [3.05, 3.63) is 36.5 Å². The summed E-state index contributed by atoms with van der Waals surface area (Å²) in [6, 6.07) is 6.83. The summed E-state index contributed by atoms with van der Waals surface area (Å²) in [6.45, 7) is 2.64. The average molecular weight is 221 g/mol. The zero-order valence-corrected chi connectivity index (χ0v) is 9.38. The predicted octanol–water partition coefficient (Wildman–Crippen LogP) is 1.91. The molecule has 0 fully saturated rings. The molecule has 4 nitrogen and oxygen atoms in total. The van der Waals surface area contributed by atoms with E-state index in [0.29, 0.717) is 6.54 Å². The molecule has 0 amide bonds. The first-order chi connectivity index (χ1) is 7.67. The van der Waals surface area contributed by atoms with Crippen molar-refractivity contribution < 1.29 is 14.6 Å². The van der Waals surface area contributed by atoms with Crippen LogP contribution in [0.15, 0.2) is 36.5 Å². The highest BCUT2D eigenvalue weighted by Gasteiger charge is 2.02. The smallest absolute Gasteiger partial charge is 0.331 e. The number of benzene rings is 1. The standard InChI is InChI=1S/C12H15NO3/c1-3-13(8-7-12(15)16-2)10-5-4-6-11(14)9-10/h4-9,14H,3H2,1-2H3/b8-7+. The lowest BCUT2D eigenvalue weighted by molar-refractivity contribution is -0.134. The Hall–Kier alpha value is -1.97. The second-order valence-electron chi connectivity index (χ2n) is 3.14. The van der Waals surface area contributed by atoms with Crippen LogP contribution in [0.3, 0.4) is 0 Å². The molecule has 0 bridgehead atoms. The topological polar surface area (TPSA) is 49.8 Å². The number of rotatable bonds is 4. The molecule has 0 aliphatic carbocycles. The number of phenols is 1. The molecule has 4 heteroatoms. The molecule has 1 N–H and O–H groups in total. The molecule has 1 rings (SSSR count). The molecule has 0 heterocycles. The van der Waals surface area contributed by atoms with Crippen molar-refractivity contribution in [2.45, 2.75) is 6.92 Å². The monoisotopic (exact) mass is 221 g/mol. The Morgan fingerprint density at radius 1 is 1.56 bits per heavy atom.